The largest absolute Gasteiger partial charge is 0.394 e. The smallest absolute Gasteiger partial charge is 0.229 e. The van der Waals surface area contributed by atoms with Crippen molar-refractivity contribution >= 4 is 26.6 Å². The maximum absolute atomic E-state index is 11.4. The number of nitrogens with zero attached hydrogens (tertiary/aromatic N) is 1. The quantitative estimate of drug-likeness (QED) is 0.167. The summed E-state index contributed by atoms with van der Waals surface area (Å²) in [5.74, 6) is 0.291. The van der Waals surface area contributed by atoms with Gasteiger partial charge in [-0.1, -0.05) is 12.1 Å². The van der Waals surface area contributed by atoms with Gasteiger partial charge in [-0.25, -0.2) is 8.42 Å². The first-order valence-electron chi connectivity index (χ1n) is 11.2. The van der Waals surface area contributed by atoms with Crippen LogP contribution < -0.4 is 9.61 Å². The van der Waals surface area contributed by atoms with Crippen molar-refractivity contribution in [1.82, 2.24) is 10.2 Å². The molecule has 2 aromatic carbocycles. The van der Waals surface area contributed by atoms with Gasteiger partial charge in [0.15, 0.2) is 18.1 Å². The maximum atomic E-state index is 11.4. The van der Waals surface area contributed by atoms with E-state index >= 15 is 0 Å². The molecule has 0 amide bonds. The van der Waals surface area contributed by atoms with Crippen molar-refractivity contribution in [3.05, 3.63) is 53.2 Å². The van der Waals surface area contributed by atoms with Crippen molar-refractivity contribution < 1.29 is 43.4 Å². The standard InChI is InChI=1S/C23H29N3O9S/c1-12-9-16-19(17(10-12)34-35-22-21(29)20(28)18(11-27)33-23(22)30)15(24-25-16)8-5-13-3-6-14(7-4-13)26-36(2,31)32/h3-4,6-7,9-10,18,20-23,26-30H,5,8,11H2,1-2H3,(H,24,25)/t18-,20-,21+,22-,23-/m1/s1. The number of benzene rings is 2. The summed E-state index contributed by atoms with van der Waals surface area (Å²) >= 11 is 0. The van der Waals surface area contributed by atoms with Crippen molar-refractivity contribution in [1.29, 1.82) is 0 Å². The second-order valence-corrected chi connectivity index (χ2v) is 10.6. The number of aromatic nitrogens is 2. The van der Waals surface area contributed by atoms with E-state index in [0.717, 1.165) is 23.1 Å². The van der Waals surface area contributed by atoms with Crippen LogP contribution in [0.15, 0.2) is 36.4 Å². The lowest BCUT2D eigenvalue weighted by Gasteiger charge is -2.38. The molecule has 1 aromatic heterocycles. The third-order valence-corrected chi connectivity index (χ3v) is 6.46. The fraction of sp³-hybridized carbons (Fsp3) is 0.435. The molecule has 5 atom stereocenters. The number of hydrogen-bond acceptors (Lipinski definition) is 10. The Morgan fingerprint density at radius 3 is 2.50 bits per heavy atom. The van der Waals surface area contributed by atoms with E-state index in [1.807, 2.05) is 25.1 Å². The van der Waals surface area contributed by atoms with E-state index in [1.165, 1.54) is 0 Å². The summed E-state index contributed by atoms with van der Waals surface area (Å²) in [6.45, 7) is 1.26. The topological polar surface area (TPSA) is 183 Å². The summed E-state index contributed by atoms with van der Waals surface area (Å²) in [7, 11) is -3.35. The van der Waals surface area contributed by atoms with Gasteiger partial charge in [0.05, 0.1) is 23.8 Å². The fourth-order valence-electron chi connectivity index (χ4n) is 4.06. The average molecular weight is 524 g/mol. The second-order valence-electron chi connectivity index (χ2n) is 8.80. The summed E-state index contributed by atoms with van der Waals surface area (Å²) in [5, 5.41) is 47.7. The number of sulfonamides is 1. The Morgan fingerprint density at radius 2 is 1.83 bits per heavy atom. The van der Waals surface area contributed by atoms with Gasteiger partial charge in [0, 0.05) is 11.4 Å². The number of aliphatic hydroxyl groups excluding tert-OH is 4. The average Bonchev–Trinajstić information content (AvgIpc) is 3.22. The zero-order chi connectivity index (χ0) is 26.0. The highest BCUT2D eigenvalue weighted by Crippen LogP contribution is 2.32. The molecule has 196 valence electrons. The van der Waals surface area contributed by atoms with Gasteiger partial charge in [0.25, 0.3) is 0 Å². The molecule has 1 aliphatic rings. The third kappa shape index (κ3) is 5.95. The normalized spacial score (nSPS) is 24.7. The molecule has 4 rings (SSSR count). The third-order valence-electron chi connectivity index (χ3n) is 5.85. The lowest BCUT2D eigenvalue weighted by atomic mass is 9.99. The molecular weight excluding hydrogens is 494 g/mol. The lowest BCUT2D eigenvalue weighted by molar-refractivity contribution is -0.364. The number of fused-ring (bicyclic) bond motifs is 1. The molecule has 2 heterocycles. The zero-order valence-corrected chi connectivity index (χ0v) is 20.5. The first-order valence-corrected chi connectivity index (χ1v) is 13.1. The van der Waals surface area contributed by atoms with Gasteiger partial charge in [-0.3, -0.25) is 9.82 Å². The van der Waals surface area contributed by atoms with E-state index in [9.17, 15) is 28.8 Å². The van der Waals surface area contributed by atoms with Gasteiger partial charge in [0.2, 0.25) is 10.0 Å². The van der Waals surface area contributed by atoms with Crippen LogP contribution in [0, 0.1) is 6.92 Å². The Bertz CT molecular complexity index is 1300. The minimum atomic E-state index is -3.35. The molecule has 13 heteroatoms. The minimum Gasteiger partial charge on any atom is -0.394 e. The molecule has 36 heavy (non-hydrogen) atoms. The predicted octanol–water partition coefficient (Wildman–Crippen LogP) is 0.138. The molecule has 0 bridgehead atoms. The Hall–Kier alpha value is -2.78. The Balaban J connectivity index is 1.49. The van der Waals surface area contributed by atoms with E-state index in [0.29, 0.717) is 35.2 Å². The summed E-state index contributed by atoms with van der Waals surface area (Å²) in [5.41, 5.74) is 3.65. The number of H-pyrrole nitrogens is 1. The van der Waals surface area contributed by atoms with Crippen molar-refractivity contribution in [3.63, 3.8) is 0 Å². The first-order chi connectivity index (χ1) is 17.1. The van der Waals surface area contributed by atoms with E-state index in [-0.39, 0.29) is 0 Å². The number of aliphatic hydroxyl groups is 4. The number of aryl methyl sites for hydroxylation is 3. The molecule has 0 aliphatic carbocycles. The van der Waals surface area contributed by atoms with E-state index in [2.05, 4.69) is 14.9 Å². The first kappa shape index (κ1) is 26.3. The SMILES string of the molecule is Cc1cc(OO[C@@H]2[C@@H](O)[C@H](O)[C@@H](CO)O[C@H]2O)c2c(CCc3ccc(NS(C)(=O)=O)cc3)[nH]nc2c1. The van der Waals surface area contributed by atoms with Gasteiger partial charge in [-0.05, 0) is 55.2 Å². The molecule has 1 fully saturated rings. The minimum absolute atomic E-state index is 0.291. The maximum Gasteiger partial charge on any atom is 0.229 e. The van der Waals surface area contributed by atoms with Crippen LogP contribution in [-0.2, 0) is 32.5 Å². The highest BCUT2D eigenvalue weighted by Gasteiger charge is 2.45. The number of ether oxygens (including phenoxy) is 1. The van der Waals surface area contributed by atoms with Crippen molar-refractivity contribution in [2.75, 3.05) is 17.6 Å². The van der Waals surface area contributed by atoms with E-state index in [1.54, 1.807) is 18.2 Å². The number of hydrogen-bond donors (Lipinski definition) is 6. The number of anilines is 1. The Morgan fingerprint density at radius 1 is 1.11 bits per heavy atom. The molecule has 6 N–H and O–H groups in total. The van der Waals surface area contributed by atoms with Gasteiger partial charge >= 0.3 is 0 Å². The second kappa shape index (κ2) is 10.7. The van der Waals surface area contributed by atoms with Crippen LogP contribution in [0.5, 0.6) is 5.75 Å². The monoisotopic (exact) mass is 523 g/mol. The van der Waals surface area contributed by atoms with Crippen LogP contribution in [0.25, 0.3) is 10.9 Å². The summed E-state index contributed by atoms with van der Waals surface area (Å²) in [4.78, 5) is 10.8. The fourth-order valence-corrected chi connectivity index (χ4v) is 4.63. The lowest BCUT2D eigenvalue weighted by Crippen LogP contribution is -2.59. The van der Waals surface area contributed by atoms with Crippen LogP contribution in [0.4, 0.5) is 5.69 Å². The van der Waals surface area contributed by atoms with Crippen LogP contribution in [0.1, 0.15) is 16.8 Å². The van der Waals surface area contributed by atoms with Crippen LogP contribution in [0.3, 0.4) is 0 Å². The molecule has 12 nitrogen and oxygen atoms in total. The van der Waals surface area contributed by atoms with E-state index in [4.69, 9.17) is 14.5 Å². The molecule has 0 spiro atoms. The predicted molar refractivity (Wildman–Crippen MR) is 129 cm³/mol. The van der Waals surface area contributed by atoms with E-state index < -0.39 is 47.3 Å². The van der Waals surface area contributed by atoms with Gasteiger partial charge in [-0.15, -0.1) is 0 Å². The molecule has 0 radical (unpaired) electrons. The van der Waals surface area contributed by atoms with Gasteiger partial charge < -0.3 is 30.1 Å². The Labute approximate surface area is 207 Å². The highest BCUT2D eigenvalue weighted by molar-refractivity contribution is 7.92. The van der Waals surface area contributed by atoms with Gasteiger partial charge in [0.1, 0.15) is 18.3 Å². The highest BCUT2D eigenvalue weighted by atomic mass is 32.2. The molecule has 1 aliphatic heterocycles. The number of aromatic amines is 1. The molecule has 1 saturated heterocycles. The Kier molecular flexibility index (Phi) is 7.80. The van der Waals surface area contributed by atoms with Crippen molar-refractivity contribution in [2.45, 2.75) is 50.5 Å². The number of rotatable bonds is 9. The molecule has 3 aromatic rings. The molecule has 0 unspecified atom stereocenters. The van der Waals surface area contributed by atoms with Crippen LogP contribution >= 0.6 is 0 Å². The van der Waals surface area contributed by atoms with Crippen molar-refractivity contribution in [3.8, 4) is 5.75 Å². The van der Waals surface area contributed by atoms with Gasteiger partial charge in [-0.2, -0.15) is 9.99 Å². The molecular formula is C23H29N3O9S. The van der Waals surface area contributed by atoms with Crippen LogP contribution in [-0.4, -0.2) is 82.6 Å². The summed E-state index contributed by atoms with van der Waals surface area (Å²) in [6, 6.07) is 10.6. The summed E-state index contributed by atoms with van der Waals surface area (Å²) < 4.78 is 30.3. The molecule has 0 saturated carbocycles. The van der Waals surface area contributed by atoms with Crippen LogP contribution in [0.2, 0.25) is 0 Å². The van der Waals surface area contributed by atoms with Crippen molar-refractivity contribution in [2.24, 2.45) is 0 Å². The number of nitrogens with one attached hydrogen (secondary N) is 2. The summed E-state index contributed by atoms with van der Waals surface area (Å²) in [6.07, 6.45) is -5.00. The zero-order valence-electron chi connectivity index (χ0n) is 19.7.